The van der Waals surface area contributed by atoms with Crippen LogP contribution in [0.1, 0.15) is 45.2 Å². The average Bonchev–Trinajstić information content (AvgIpc) is 2.85. The molecular formula is C28H37N3O5. The predicted molar refractivity (Wildman–Crippen MR) is 138 cm³/mol. The van der Waals surface area contributed by atoms with Crippen LogP contribution in [0.4, 0.5) is 4.79 Å². The summed E-state index contributed by atoms with van der Waals surface area (Å²) in [5.41, 5.74) is 1.61. The minimum absolute atomic E-state index is 0.0633. The van der Waals surface area contributed by atoms with Gasteiger partial charge in [-0.2, -0.15) is 0 Å². The molecule has 8 nitrogen and oxygen atoms in total. The molecule has 2 unspecified atom stereocenters. The Morgan fingerprint density at radius 1 is 0.750 bits per heavy atom. The van der Waals surface area contributed by atoms with E-state index >= 15 is 0 Å². The Labute approximate surface area is 213 Å². The molecule has 2 rings (SSSR count). The maximum Gasteiger partial charge on any atom is 0.408 e. The van der Waals surface area contributed by atoms with Crippen LogP contribution >= 0.6 is 0 Å². The molecule has 0 bridgehead atoms. The summed E-state index contributed by atoms with van der Waals surface area (Å²) in [5, 5.41) is 7.93. The van der Waals surface area contributed by atoms with E-state index in [0.29, 0.717) is 13.0 Å². The number of amides is 3. The number of rotatable bonds is 13. The number of benzene rings is 2. The van der Waals surface area contributed by atoms with Crippen molar-refractivity contribution in [1.29, 1.82) is 0 Å². The summed E-state index contributed by atoms with van der Waals surface area (Å²) in [6.45, 7) is 8.10. The van der Waals surface area contributed by atoms with Gasteiger partial charge in [-0.15, -0.1) is 0 Å². The van der Waals surface area contributed by atoms with Gasteiger partial charge in [-0.05, 0) is 29.4 Å². The number of carbonyl (C=O) groups excluding carboxylic acids is 4. The van der Waals surface area contributed by atoms with Crippen LogP contribution in [0.15, 0.2) is 60.7 Å². The second-order valence-electron chi connectivity index (χ2n) is 9.61. The van der Waals surface area contributed by atoms with Gasteiger partial charge in [0.2, 0.25) is 11.7 Å². The Morgan fingerprint density at radius 3 is 1.89 bits per heavy atom. The van der Waals surface area contributed by atoms with Crippen molar-refractivity contribution in [2.45, 2.75) is 59.2 Å². The van der Waals surface area contributed by atoms with E-state index in [9.17, 15) is 19.2 Å². The average molecular weight is 496 g/mol. The molecule has 0 aliphatic rings. The zero-order valence-corrected chi connectivity index (χ0v) is 21.5. The Kier molecular flexibility index (Phi) is 11.6. The van der Waals surface area contributed by atoms with E-state index < -0.39 is 35.8 Å². The summed E-state index contributed by atoms with van der Waals surface area (Å²) in [5.74, 6) is -1.78. The number of carbonyl (C=O) groups is 4. The third kappa shape index (κ3) is 10.3. The highest BCUT2D eigenvalue weighted by Crippen LogP contribution is 2.09. The largest absolute Gasteiger partial charge is 0.445 e. The van der Waals surface area contributed by atoms with Crippen molar-refractivity contribution in [1.82, 2.24) is 16.0 Å². The number of ether oxygens (including phenoxy) is 1. The van der Waals surface area contributed by atoms with Crippen molar-refractivity contribution >= 4 is 23.7 Å². The summed E-state index contributed by atoms with van der Waals surface area (Å²) in [6, 6.07) is 16.3. The van der Waals surface area contributed by atoms with Gasteiger partial charge < -0.3 is 20.7 Å². The van der Waals surface area contributed by atoms with E-state index in [1.165, 1.54) is 0 Å². The molecule has 0 aliphatic carbocycles. The Morgan fingerprint density at radius 2 is 1.33 bits per heavy atom. The Balaban J connectivity index is 2.11. The minimum Gasteiger partial charge on any atom is -0.445 e. The van der Waals surface area contributed by atoms with Crippen LogP contribution in [0.2, 0.25) is 0 Å². The molecular weight excluding hydrogens is 458 g/mol. The molecule has 0 aliphatic heterocycles. The van der Waals surface area contributed by atoms with E-state index in [1.54, 1.807) is 0 Å². The first-order valence-electron chi connectivity index (χ1n) is 12.3. The molecule has 0 radical (unpaired) electrons. The van der Waals surface area contributed by atoms with Crippen molar-refractivity contribution < 1.29 is 23.9 Å². The first-order chi connectivity index (χ1) is 17.2. The van der Waals surface area contributed by atoms with Gasteiger partial charge >= 0.3 is 6.09 Å². The lowest BCUT2D eigenvalue weighted by Gasteiger charge is -2.24. The van der Waals surface area contributed by atoms with Crippen LogP contribution in [-0.4, -0.2) is 42.3 Å². The number of Topliss-reactive ketones (excluding diaryl/α,β-unsaturated/α-hetero) is 1. The van der Waals surface area contributed by atoms with E-state index in [0.717, 1.165) is 11.1 Å². The Hall–Kier alpha value is -3.68. The van der Waals surface area contributed by atoms with Gasteiger partial charge in [-0.3, -0.25) is 14.4 Å². The normalized spacial score (nSPS) is 12.5. The molecule has 36 heavy (non-hydrogen) atoms. The quantitative estimate of drug-likeness (QED) is 0.369. The van der Waals surface area contributed by atoms with Crippen molar-refractivity contribution in [3.05, 3.63) is 71.8 Å². The zero-order chi connectivity index (χ0) is 26.5. The second-order valence-corrected chi connectivity index (χ2v) is 9.61. The molecule has 0 spiro atoms. The van der Waals surface area contributed by atoms with Gasteiger partial charge in [0.15, 0.2) is 0 Å². The molecule has 0 heterocycles. The van der Waals surface area contributed by atoms with Crippen molar-refractivity contribution in [3.63, 3.8) is 0 Å². The number of hydrogen-bond donors (Lipinski definition) is 3. The van der Waals surface area contributed by atoms with Gasteiger partial charge in [0.05, 0.1) is 0 Å². The van der Waals surface area contributed by atoms with Crippen LogP contribution in [0, 0.1) is 11.8 Å². The van der Waals surface area contributed by atoms with Crippen LogP contribution in [0.3, 0.4) is 0 Å². The SMILES string of the molecule is CC(C)CNC(=O)C(=O)C(Cc1ccccc1)NC(=O)C(CC(C)C)NC(=O)OCc1ccccc1. The summed E-state index contributed by atoms with van der Waals surface area (Å²) in [4.78, 5) is 51.1. The van der Waals surface area contributed by atoms with Crippen LogP contribution in [-0.2, 0) is 32.1 Å². The van der Waals surface area contributed by atoms with Gasteiger partial charge in [0.25, 0.3) is 5.91 Å². The summed E-state index contributed by atoms with van der Waals surface area (Å²) < 4.78 is 5.27. The number of ketones is 1. The molecule has 3 N–H and O–H groups in total. The molecule has 0 fully saturated rings. The van der Waals surface area contributed by atoms with Crippen LogP contribution in [0.5, 0.6) is 0 Å². The lowest BCUT2D eigenvalue weighted by Crippen LogP contribution is -2.55. The third-order valence-electron chi connectivity index (χ3n) is 5.34. The van der Waals surface area contributed by atoms with E-state index in [2.05, 4.69) is 16.0 Å². The highest BCUT2D eigenvalue weighted by Gasteiger charge is 2.31. The Bertz CT molecular complexity index is 993. The molecule has 2 aromatic rings. The first-order valence-corrected chi connectivity index (χ1v) is 12.3. The maximum atomic E-state index is 13.2. The fraction of sp³-hybridized carbons (Fsp3) is 0.429. The molecule has 194 valence electrons. The summed E-state index contributed by atoms with van der Waals surface area (Å²) in [7, 11) is 0. The fourth-order valence-electron chi connectivity index (χ4n) is 3.48. The zero-order valence-electron chi connectivity index (χ0n) is 21.5. The molecule has 8 heteroatoms. The maximum absolute atomic E-state index is 13.2. The first kappa shape index (κ1) is 28.6. The smallest absolute Gasteiger partial charge is 0.408 e. The van der Waals surface area contributed by atoms with E-state index in [-0.39, 0.29) is 24.9 Å². The molecule has 3 amide bonds. The molecule has 2 aromatic carbocycles. The molecule has 0 saturated heterocycles. The topological polar surface area (TPSA) is 114 Å². The van der Waals surface area contributed by atoms with Crippen molar-refractivity contribution in [2.24, 2.45) is 11.8 Å². The van der Waals surface area contributed by atoms with Gasteiger partial charge in [0, 0.05) is 13.0 Å². The second kappa shape index (κ2) is 14.7. The number of hydrogen-bond acceptors (Lipinski definition) is 5. The summed E-state index contributed by atoms with van der Waals surface area (Å²) >= 11 is 0. The highest BCUT2D eigenvalue weighted by atomic mass is 16.5. The third-order valence-corrected chi connectivity index (χ3v) is 5.34. The molecule has 0 aromatic heterocycles. The van der Waals surface area contributed by atoms with Gasteiger partial charge in [-0.25, -0.2) is 4.79 Å². The van der Waals surface area contributed by atoms with Crippen molar-refractivity contribution in [2.75, 3.05) is 6.54 Å². The lowest BCUT2D eigenvalue weighted by atomic mass is 9.99. The fourth-order valence-corrected chi connectivity index (χ4v) is 3.48. The lowest BCUT2D eigenvalue weighted by molar-refractivity contribution is -0.140. The van der Waals surface area contributed by atoms with Gasteiger partial charge in [-0.1, -0.05) is 88.4 Å². The highest BCUT2D eigenvalue weighted by molar-refractivity contribution is 6.38. The standard InChI is InChI=1S/C28H37N3O5/c1-19(2)15-24(31-28(35)36-18-22-13-9-6-10-14-22)26(33)30-23(16-21-11-7-5-8-12-21)25(32)27(34)29-17-20(3)4/h5-14,19-20,23-24H,15-18H2,1-4H3,(H,29,34)(H,30,33)(H,31,35). The summed E-state index contributed by atoms with van der Waals surface area (Å²) in [6.07, 6.45) is -0.258. The van der Waals surface area contributed by atoms with Crippen LogP contribution in [0.25, 0.3) is 0 Å². The number of alkyl carbamates (subject to hydrolysis) is 1. The molecule has 2 atom stereocenters. The number of nitrogens with one attached hydrogen (secondary N) is 3. The van der Waals surface area contributed by atoms with Gasteiger partial charge in [0.1, 0.15) is 18.7 Å². The van der Waals surface area contributed by atoms with Crippen molar-refractivity contribution in [3.8, 4) is 0 Å². The predicted octanol–water partition coefficient (Wildman–Crippen LogP) is 3.40. The molecule has 0 saturated carbocycles. The minimum atomic E-state index is -1.08. The van der Waals surface area contributed by atoms with E-state index in [4.69, 9.17) is 4.74 Å². The van der Waals surface area contributed by atoms with E-state index in [1.807, 2.05) is 88.4 Å². The monoisotopic (exact) mass is 495 g/mol. The van der Waals surface area contributed by atoms with Crippen LogP contribution < -0.4 is 16.0 Å².